The molecule has 162 valence electrons. The fourth-order valence-electron chi connectivity index (χ4n) is 2.65. The summed E-state index contributed by atoms with van der Waals surface area (Å²) in [6, 6.07) is 0. The third-order valence-corrected chi connectivity index (χ3v) is 4.36. The zero-order valence-corrected chi connectivity index (χ0v) is 18.0. The molecule has 0 amide bonds. The first-order chi connectivity index (χ1) is 13.3. The highest BCUT2D eigenvalue weighted by molar-refractivity contribution is 5.69. The minimum atomic E-state index is -0.109. The molecule has 5 nitrogen and oxygen atoms in total. The number of unbranched alkanes of at least 4 members (excludes halogenated alkanes) is 9. The van der Waals surface area contributed by atoms with E-state index in [9.17, 15) is 4.79 Å². The number of carbonyl (C=O) groups is 1. The average Bonchev–Trinajstić information content (AvgIpc) is 2.67. The van der Waals surface area contributed by atoms with Gasteiger partial charge in [0, 0.05) is 13.0 Å². The van der Waals surface area contributed by atoms with Gasteiger partial charge in [-0.2, -0.15) is 0 Å². The summed E-state index contributed by atoms with van der Waals surface area (Å²) in [6.45, 7) is 8.25. The number of hydrogen-bond donors (Lipinski definition) is 0. The van der Waals surface area contributed by atoms with Gasteiger partial charge in [-0.1, -0.05) is 71.6 Å². The van der Waals surface area contributed by atoms with Gasteiger partial charge in [0.25, 0.3) is 0 Å². The van der Waals surface area contributed by atoms with E-state index in [0.29, 0.717) is 46.1 Å². The van der Waals surface area contributed by atoms with E-state index in [1.54, 1.807) is 0 Å². The molecule has 0 rings (SSSR count). The van der Waals surface area contributed by atoms with Crippen LogP contribution in [-0.4, -0.2) is 52.2 Å². The van der Waals surface area contributed by atoms with Crippen LogP contribution >= 0.6 is 0 Å². The Balaban J connectivity index is 3.13. The normalized spacial score (nSPS) is 11.0. The van der Waals surface area contributed by atoms with Crippen LogP contribution in [0.5, 0.6) is 0 Å². The van der Waals surface area contributed by atoms with Crippen molar-refractivity contribution in [2.45, 2.75) is 90.9 Å². The second kappa shape index (κ2) is 23.4. The molecule has 0 saturated heterocycles. The van der Waals surface area contributed by atoms with E-state index in [1.165, 1.54) is 44.9 Å². The van der Waals surface area contributed by atoms with Gasteiger partial charge >= 0.3 is 5.97 Å². The van der Waals surface area contributed by atoms with Gasteiger partial charge in [0.05, 0.1) is 33.0 Å². The maximum absolute atomic E-state index is 11.6. The lowest BCUT2D eigenvalue weighted by Crippen LogP contribution is -2.14. The van der Waals surface area contributed by atoms with Gasteiger partial charge in [-0.3, -0.25) is 4.79 Å². The molecule has 0 radical (unpaired) electrons. The van der Waals surface area contributed by atoms with E-state index in [1.807, 2.05) is 0 Å². The van der Waals surface area contributed by atoms with Crippen molar-refractivity contribution < 1.29 is 23.7 Å². The molecule has 0 aromatic heterocycles. The molecule has 0 saturated carbocycles. The SMILES string of the molecule is CCCCCCCCCCCC(=O)OCCOCCOCCOCCCC. The van der Waals surface area contributed by atoms with Crippen LogP contribution in [0.15, 0.2) is 0 Å². The van der Waals surface area contributed by atoms with Crippen LogP contribution in [-0.2, 0) is 23.7 Å². The summed E-state index contributed by atoms with van der Waals surface area (Å²) in [7, 11) is 0. The first kappa shape index (κ1) is 26.4. The molecule has 0 unspecified atom stereocenters. The van der Waals surface area contributed by atoms with Gasteiger partial charge in [0.1, 0.15) is 6.61 Å². The zero-order valence-electron chi connectivity index (χ0n) is 18.0. The molecule has 5 heteroatoms. The second-order valence-electron chi connectivity index (χ2n) is 6.99. The van der Waals surface area contributed by atoms with Crippen LogP contribution in [0.2, 0.25) is 0 Å². The first-order valence-corrected chi connectivity index (χ1v) is 11.2. The Morgan fingerprint density at radius 3 is 1.52 bits per heavy atom. The van der Waals surface area contributed by atoms with Crippen molar-refractivity contribution in [2.24, 2.45) is 0 Å². The van der Waals surface area contributed by atoms with E-state index < -0.39 is 0 Å². The van der Waals surface area contributed by atoms with Crippen LogP contribution < -0.4 is 0 Å². The third kappa shape index (κ3) is 23.3. The van der Waals surface area contributed by atoms with Crippen molar-refractivity contribution in [3.8, 4) is 0 Å². The number of ether oxygens (including phenoxy) is 4. The minimum absolute atomic E-state index is 0.109. The van der Waals surface area contributed by atoms with Gasteiger partial charge < -0.3 is 18.9 Å². The van der Waals surface area contributed by atoms with E-state index in [2.05, 4.69) is 13.8 Å². The molecular weight excluding hydrogens is 344 g/mol. The van der Waals surface area contributed by atoms with Gasteiger partial charge in [0.2, 0.25) is 0 Å². The summed E-state index contributed by atoms with van der Waals surface area (Å²) in [5.41, 5.74) is 0. The summed E-state index contributed by atoms with van der Waals surface area (Å²) < 4.78 is 21.3. The minimum Gasteiger partial charge on any atom is -0.463 e. The summed E-state index contributed by atoms with van der Waals surface area (Å²) in [5.74, 6) is -0.109. The van der Waals surface area contributed by atoms with Crippen molar-refractivity contribution in [2.75, 3.05) is 46.2 Å². The summed E-state index contributed by atoms with van der Waals surface area (Å²) in [4.78, 5) is 11.6. The highest BCUT2D eigenvalue weighted by atomic mass is 16.6. The predicted octanol–water partition coefficient (Wildman–Crippen LogP) is 5.30. The first-order valence-electron chi connectivity index (χ1n) is 11.2. The lowest BCUT2D eigenvalue weighted by Gasteiger charge is -2.07. The molecule has 0 N–H and O–H groups in total. The van der Waals surface area contributed by atoms with Gasteiger partial charge in [-0.15, -0.1) is 0 Å². The van der Waals surface area contributed by atoms with Crippen LogP contribution in [0.4, 0.5) is 0 Å². The van der Waals surface area contributed by atoms with Gasteiger partial charge in [-0.25, -0.2) is 0 Å². The summed E-state index contributed by atoms with van der Waals surface area (Å²) >= 11 is 0. The number of esters is 1. The van der Waals surface area contributed by atoms with Gasteiger partial charge in [0.15, 0.2) is 0 Å². The fourth-order valence-corrected chi connectivity index (χ4v) is 2.65. The zero-order chi connectivity index (χ0) is 19.8. The number of rotatable bonds is 22. The lowest BCUT2D eigenvalue weighted by atomic mass is 10.1. The largest absolute Gasteiger partial charge is 0.463 e. The molecule has 0 atom stereocenters. The monoisotopic (exact) mass is 388 g/mol. The summed E-state index contributed by atoms with van der Waals surface area (Å²) in [5, 5.41) is 0. The maximum atomic E-state index is 11.6. The van der Waals surface area contributed by atoms with Crippen molar-refractivity contribution >= 4 is 5.97 Å². The van der Waals surface area contributed by atoms with Crippen molar-refractivity contribution in [3.63, 3.8) is 0 Å². The van der Waals surface area contributed by atoms with E-state index in [0.717, 1.165) is 32.3 Å². The van der Waals surface area contributed by atoms with Crippen molar-refractivity contribution in [1.82, 2.24) is 0 Å². The summed E-state index contributed by atoms with van der Waals surface area (Å²) in [6.07, 6.45) is 14.1. The molecule has 0 fully saturated rings. The molecule has 27 heavy (non-hydrogen) atoms. The highest BCUT2D eigenvalue weighted by Crippen LogP contribution is 2.10. The van der Waals surface area contributed by atoms with Gasteiger partial charge in [-0.05, 0) is 12.8 Å². The number of hydrogen-bond acceptors (Lipinski definition) is 5. The molecule has 0 heterocycles. The van der Waals surface area contributed by atoms with E-state index >= 15 is 0 Å². The Hall–Kier alpha value is -0.650. The molecule has 0 aliphatic heterocycles. The third-order valence-electron chi connectivity index (χ3n) is 4.36. The average molecular weight is 389 g/mol. The standard InChI is InChI=1S/C22H44O5/c1-3-5-7-8-9-10-11-12-13-14-22(23)27-21-20-26-19-18-25-17-16-24-15-6-4-2/h3-21H2,1-2H3. The Labute approximate surface area is 167 Å². The molecule has 0 aliphatic rings. The maximum Gasteiger partial charge on any atom is 0.305 e. The highest BCUT2D eigenvalue weighted by Gasteiger charge is 2.02. The molecule has 0 aromatic rings. The van der Waals surface area contributed by atoms with Crippen LogP contribution in [0, 0.1) is 0 Å². The van der Waals surface area contributed by atoms with E-state index in [4.69, 9.17) is 18.9 Å². The quantitative estimate of drug-likeness (QED) is 0.186. The lowest BCUT2D eigenvalue weighted by molar-refractivity contribution is -0.145. The number of carbonyl (C=O) groups excluding carboxylic acids is 1. The Morgan fingerprint density at radius 1 is 0.519 bits per heavy atom. The topological polar surface area (TPSA) is 54.0 Å². The molecular formula is C22H44O5. The molecule has 0 spiro atoms. The van der Waals surface area contributed by atoms with Crippen molar-refractivity contribution in [1.29, 1.82) is 0 Å². The Bertz CT molecular complexity index is 296. The van der Waals surface area contributed by atoms with Crippen LogP contribution in [0.3, 0.4) is 0 Å². The van der Waals surface area contributed by atoms with Crippen molar-refractivity contribution in [3.05, 3.63) is 0 Å². The molecule has 0 aliphatic carbocycles. The molecule has 0 bridgehead atoms. The molecule has 0 aromatic carbocycles. The van der Waals surface area contributed by atoms with Crippen LogP contribution in [0.25, 0.3) is 0 Å². The fraction of sp³-hybridized carbons (Fsp3) is 0.955. The predicted molar refractivity (Wildman–Crippen MR) is 110 cm³/mol. The second-order valence-corrected chi connectivity index (χ2v) is 6.99. The van der Waals surface area contributed by atoms with Crippen LogP contribution in [0.1, 0.15) is 90.9 Å². The van der Waals surface area contributed by atoms with E-state index in [-0.39, 0.29) is 5.97 Å². The Kier molecular flexibility index (Phi) is 22.8. The Morgan fingerprint density at radius 2 is 0.963 bits per heavy atom. The smallest absolute Gasteiger partial charge is 0.305 e.